The van der Waals surface area contributed by atoms with Gasteiger partial charge in [0.1, 0.15) is 17.3 Å². The second-order valence-corrected chi connectivity index (χ2v) is 8.82. The minimum absolute atomic E-state index is 0.216. The molecule has 0 aliphatic heterocycles. The normalized spacial score (nSPS) is 10.8. The Morgan fingerprint density at radius 3 is 2.52 bits per heavy atom. The van der Waals surface area contributed by atoms with Gasteiger partial charge in [-0.25, -0.2) is 4.98 Å². The smallest absolute Gasteiger partial charge is 0.251 e. The van der Waals surface area contributed by atoms with Crippen LogP contribution in [-0.2, 0) is 14.2 Å². The fraction of sp³-hybridized carbons (Fsp3) is 0.226. The number of carbonyl (C=O) groups is 1. The van der Waals surface area contributed by atoms with E-state index < -0.39 is 0 Å². The molecule has 0 radical (unpaired) electrons. The van der Waals surface area contributed by atoms with Crippen LogP contribution in [0.15, 0.2) is 79.5 Å². The van der Waals surface area contributed by atoms with Crippen molar-refractivity contribution >= 4 is 39.9 Å². The Balaban J connectivity index is 1.37. The molecule has 0 aliphatic carbocycles. The quantitative estimate of drug-likeness (QED) is 0.135. The van der Waals surface area contributed by atoms with E-state index in [4.69, 9.17) is 24.7 Å². The number of nitrogens with zero attached hydrogens (tertiary/aromatic N) is 1. The number of ether oxygens (including phenoxy) is 4. The molecule has 4 N–H and O–H groups in total. The van der Waals surface area contributed by atoms with Crippen molar-refractivity contribution in [2.24, 2.45) is 0 Å². The highest BCUT2D eigenvalue weighted by atomic mass is 16.5. The van der Waals surface area contributed by atoms with E-state index in [0.29, 0.717) is 73.8 Å². The van der Waals surface area contributed by atoms with Gasteiger partial charge in [-0.1, -0.05) is 36.9 Å². The van der Waals surface area contributed by atoms with Crippen molar-refractivity contribution in [2.75, 3.05) is 57.7 Å². The average Bonchev–Trinajstić information content (AvgIpc) is 2.98. The lowest BCUT2D eigenvalue weighted by atomic mass is 10.1. The van der Waals surface area contributed by atoms with Gasteiger partial charge in [-0.2, -0.15) is 0 Å². The van der Waals surface area contributed by atoms with Gasteiger partial charge >= 0.3 is 0 Å². The molecule has 9 nitrogen and oxygen atoms in total. The van der Waals surface area contributed by atoms with E-state index in [-0.39, 0.29) is 5.91 Å². The zero-order valence-electron chi connectivity index (χ0n) is 22.5. The Morgan fingerprint density at radius 1 is 0.950 bits per heavy atom. The van der Waals surface area contributed by atoms with E-state index in [9.17, 15) is 4.79 Å². The lowest BCUT2D eigenvalue weighted by Gasteiger charge is -2.13. The highest BCUT2D eigenvalue weighted by Gasteiger charge is 2.10. The molecule has 0 saturated carbocycles. The minimum Gasteiger partial charge on any atom is -0.457 e. The fourth-order valence-electron chi connectivity index (χ4n) is 3.98. The number of rotatable bonds is 15. The molecule has 208 valence electrons. The number of pyridine rings is 1. The van der Waals surface area contributed by atoms with Crippen LogP contribution in [0, 0.1) is 0 Å². The summed E-state index contributed by atoms with van der Waals surface area (Å²) < 4.78 is 21.9. The second-order valence-electron chi connectivity index (χ2n) is 8.82. The first-order chi connectivity index (χ1) is 19.6. The fourth-order valence-corrected chi connectivity index (χ4v) is 3.98. The van der Waals surface area contributed by atoms with Crippen molar-refractivity contribution in [1.82, 2.24) is 10.3 Å². The van der Waals surface area contributed by atoms with E-state index in [0.717, 1.165) is 16.3 Å². The number of carbonyl (C=O) groups excluding carboxylic acids is 1. The standard InChI is InChI=1S/C31H34N4O5/c1-3-22-18-23(31(36)34-12-13-38-16-17-39-15-14-37-2)20-24(19-22)35-30-21-25(10-11-33-30)40-29-9-8-28(32)26-6-4-5-7-27(26)29/h3-11,18-21H,1,12-17,32H2,2H3,(H,33,35)(H,34,36). The van der Waals surface area contributed by atoms with Crippen molar-refractivity contribution in [3.63, 3.8) is 0 Å². The van der Waals surface area contributed by atoms with Crippen molar-refractivity contribution in [3.8, 4) is 11.5 Å². The molecule has 4 aromatic rings. The lowest BCUT2D eigenvalue weighted by molar-refractivity contribution is 0.0255. The topological polar surface area (TPSA) is 117 Å². The number of fused-ring (bicyclic) bond motifs is 1. The number of hydrogen-bond donors (Lipinski definition) is 3. The van der Waals surface area contributed by atoms with E-state index in [1.807, 2.05) is 42.5 Å². The van der Waals surface area contributed by atoms with Crippen LogP contribution in [0.4, 0.5) is 17.2 Å². The van der Waals surface area contributed by atoms with Crippen molar-refractivity contribution in [2.45, 2.75) is 0 Å². The highest BCUT2D eigenvalue weighted by molar-refractivity contribution is 5.97. The van der Waals surface area contributed by atoms with Crippen LogP contribution in [0.3, 0.4) is 0 Å². The van der Waals surface area contributed by atoms with Gasteiger partial charge in [0, 0.05) is 53.6 Å². The molecule has 0 fully saturated rings. The van der Waals surface area contributed by atoms with Gasteiger partial charge in [0.05, 0.1) is 33.0 Å². The van der Waals surface area contributed by atoms with Crippen LogP contribution in [0.5, 0.6) is 11.5 Å². The molecule has 1 amide bonds. The van der Waals surface area contributed by atoms with Crippen LogP contribution >= 0.6 is 0 Å². The van der Waals surface area contributed by atoms with E-state index in [1.165, 1.54) is 0 Å². The number of nitrogens with two attached hydrogens (primary N) is 1. The third-order valence-corrected chi connectivity index (χ3v) is 5.94. The first-order valence-corrected chi connectivity index (χ1v) is 13.0. The van der Waals surface area contributed by atoms with Gasteiger partial charge < -0.3 is 35.3 Å². The van der Waals surface area contributed by atoms with Crippen LogP contribution in [0.25, 0.3) is 16.8 Å². The Labute approximate surface area is 233 Å². The number of methoxy groups -OCH3 is 1. The summed E-state index contributed by atoms with van der Waals surface area (Å²) in [5, 5.41) is 7.99. The van der Waals surface area contributed by atoms with Crippen LogP contribution in [-0.4, -0.2) is 57.6 Å². The first kappa shape index (κ1) is 28.6. The van der Waals surface area contributed by atoms with Gasteiger partial charge in [-0.05, 0) is 42.0 Å². The van der Waals surface area contributed by atoms with E-state index in [2.05, 4.69) is 22.2 Å². The third kappa shape index (κ3) is 8.03. The summed E-state index contributed by atoms with van der Waals surface area (Å²) in [5.41, 5.74) is 8.79. The minimum atomic E-state index is -0.216. The highest BCUT2D eigenvalue weighted by Crippen LogP contribution is 2.33. The number of anilines is 3. The molecule has 40 heavy (non-hydrogen) atoms. The number of hydrogen-bond acceptors (Lipinski definition) is 8. The number of amides is 1. The van der Waals surface area contributed by atoms with Crippen molar-refractivity contribution in [1.29, 1.82) is 0 Å². The predicted molar refractivity (Wildman–Crippen MR) is 158 cm³/mol. The maximum absolute atomic E-state index is 12.8. The molecule has 4 rings (SSSR count). The molecular formula is C31H34N4O5. The Kier molecular flexibility index (Phi) is 10.5. The van der Waals surface area contributed by atoms with Gasteiger partial charge in [0.2, 0.25) is 0 Å². The molecule has 1 heterocycles. The monoisotopic (exact) mass is 542 g/mol. The first-order valence-electron chi connectivity index (χ1n) is 13.0. The summed E-state index contributed by atoms with van der Waals surface area (Å²) in [7, 11) is 1.63. The Hall–Kier alpha value is -4.44. The molecule has 0 unspecified atom stereocenters. The largest absolute Gasteiger partial charge is 0.457 e. The van der Waals surface area contributed by atoms with Gasteiger partial charge in [-0.3, -0.25) is 4.79 Å². The molecule has 9 heteroatoms. The number of nitrogens with one attached hydrogen (secondary N) is 2. The molecule has 0 saturated heterocycles. The maximum Gasteiger partial charge on any atom is 0.251 e. The van der Waals surface area contributed by atoms with Crippen LogP contribution in [0.2, 0.25) is 0 Å². The summed E-state index contributed by atoms with van der Waals surface area (Å²) in [5.74, 6) is 1.64. The zero-order chi connectivity index (χ0) is 28.2. The predicted octanol–water partition coefficient (Wildman–Crippen LogP) is 5.41. The number of nitrogen functional groups attached to an aromatic ring is 1. The average molecular weight is 543 g/mol. The molecule has 0 bridgehead atoms. The van der Waals surface area contributed by atoms with Gasteiger partial charge in [-0.15, -0.1) is 0 Å². The zero-order valence-corrected chi connectivity index (χ0v) is 22.5. The molecule has 0 atom stereocenters. The van der Waals surface area contributed by atoms with E-state index in [1.54, 1.807) is 43.6 Å². The third-order valence-electron chi connectivity index (χ3n) is 5.94. The summed E-state index contributed by atoms with van der Waals surface area (Å²) in [6.07, 6.45) is 3.35. The summed E-state index contributed by atoms with van der Waals surface area (Å²) in [4.78, 5) is 17.2. The number of aromatic nitrogens is 1. The SMILES string of the molecule is C=Cc1cc(Nc2cc(Oc3ccc(N)c4ccccc34)ccn2)cc(C(=O)NCCOCCOCCOC)c1. The van der Waals surface area contributed by atoms with E-state index >= 15 is 0 Å². The van der Waals surface area contributed by atoms with Gasteiger partial charge in [0.15, 0.2) is 0 Å². The molecule has 1 aromatic heterocycles. The molecular weight excluding hydrogens is 508 g/mol. The Bertz CT molecular complexity index is 1440. The molecule has 0 aliphatic rings. The molecule has 3 aromatic carbocycles. The van der Waals surface area contributed by atoms with Crippen molar-refractivity contribution in [3.05, 3.63) is 90.6 Å². The van der Waals surface area contributed by atoms with Gasteiger partial charge in [0.25, 0.3) is 5.91 Å². The number of benzene rings is 3. The van der Waals surface area contributed by atoms with Crippen LogP contribution < -0.4 is 21.1 Å². The summed E-state index contributed by atoms with van der Waals surface area (Å²) in [6, 6.07) is 20.5. The summed E-state index contributed by atoms with van der Waals surface area (Å²) >= 11 is 0. The molecule has 0 spiro atoms. The van der Waals surface area contributed by atoms with Crippen LogP contribution in [0.1, 0.15) is 15.9 Å². The second kappa shape index (κ2) is 14.6. The Morgan fingerprint density at radius 2 is 1.73 bits per heavy atom. The maximum atomic E-state index is 12.8. The van der Waals surface area contributed by atoms with Crippen molar-refractivity contribution < 1.29 is 23.7 Å². The lowest BCUT2D eigenvalue weighted by Crippen LogP contribution is -2.27. The summed E-state index contributed by atoms with van der Waals surface area (Å²) in [6.45, 7) is 6.61.